The van der Waals surface area contributed by atoms with Crippen LogP contribution in [0.2, 0.25) is 0 Å². The van der Waals surface area contributed by atoms with Gasteiger partial charge in [0, 0.05) is 18.7 Å². The van der Waals surface area contributed by atoms with Crippen molar-refractivity contribution >= 4 is 0 Å². The molecule has 5 heteroatoms. The maximum absolute atomic E-state index is 5.69. The smallest absolute Gasteiger partial charge is 0.238 e. The second-order valence-corrected chi connectivity index (χ2v) is 4.05. The van der Waals surface area contributed by atoms with Gasteiger partial charge in [-0.15, -0.1) is 5.10 Å². The Morgan fingerprint density at radius 2 is 1.94 bits per heavy atom. The van der Waals surface area contributed by atoms with Gasteiger partial charge in [0.1, 0.15) is 6.61 Å². The Hall–Kier alpha value is -1.20. The van der Waals surface area contributed by atoms with E-state index in [2.05, 4.69) is 15.1 Å². The standard InChI is InChI=1S/C11H20N4O/c1-8-9(2)13-14-11(10(8)7-12)16-6-5-15(3)4/h5-7,12H2,1-4H3. The number of nitrogens with two attached hydrogens (primary N) is 1. The molecule has 0 radical (unpaired) electrons. The summed E-state index contributed by atoms with van der Waals surface area (Å²) in [6.07, 6.45) is 0. The van der Waals surface area contributed by atoms with Crippen molar-refractivity contribution in [3.8, 4) is 5.88 Å². The minimum Gasteiger partial charge on any atom is -0.475 e. The zero-order valence-electron chi connectivity index (χ0n) is 10.4. The number of rotatable bonds is 5. The Morgan fingerprint density at radius 3 is 2.50 bits per heavy atom. The Morgan fingerprint density at radius 1 is 1.25 bits per heavy atom. The molecule has 0 saturated heterocycles. The molecule has 2 N–H and O–H groups in total. The summed E-state index contributed by atoms with van der Waals surface area (Å²) < 4.78 is 5.58. The molecular weight excluding hydrogens is 204 g/mol. The summed E-state index contributed by atoms with van der Waals surface area (Å²) in [4.78, 5) is 2.05. The van der Waals surface area contributed by atoms with Crippen LogP contribution in [0.3, 0.4) is 0 Å². The molecule has 1 aromatic rings. The largest absolute Gasteiger partial charge is 0.475 e. The number of likely N-dealkylation sites (N-methyl/N-ethyl adjacent to an activating group) is 1. The fourth-order valence-electron chi connectivity index (χ4n) is 1.32. The molecule has 1 heterocycles. The number of ether oxygens (including phenoxy) is 1. The van der Waals surface area contributed by atoms with Crippen LogP contribution in [0.25, 0.3) is 0 Å². The second-order valence-electron chi connectivity index (χ2n) is 4.05. The van der Waals surface area contributed by atoms with Crippen LogP contribution in [0.1, 0.15) is 16.8 Å². The van der Waals surface area contributed by atoms with Gasteiger partial charge in [-0.2, -0.15) is 5.10 Å². The minimum atomic E-state index is 0.430. The molecule has 0 amide bonds. The van der Waals surface area contributed by atoms with Gasteiger partial charge in [0.25, 0.3) is 0 Å². The third kappa shape index (κ3) is 3.15. The van der Waals surface area contributed by atoms with Crippen LogP contribution in [-0.2, 0) is 6.54 Å². The molecular formula is C11H20N4O. The Labute approximate surface area is 96.6 Å². The number of hydrogen-bond donors (Lipinski definition) is 1. The molecule has 0 aliphatic heterocycles. The number of aryl methyl sites for hydroxylation is 1. The molecule has 90 valence electrons. The molecule has 16 heavy (non-hydrogen) atoms. The van der Waals surface area contributed by atoms with E-state index in [-0.39, 0.29) is 0 Å². The fraction of sp³-hybridized carbons (Fsp3) is 0.636. The minimum absolute atomic E-state index is 0.430. The van der Waals surface area contributed by atoms with Crippen LogP contribution in [-0.4, -0.2) is 42.3 Å². The summed E-state index contributed by atoms with van der Waals surface area (Å²) in [5.41, 5.74) is 8.61. The van der Waals surface area contributed by atoms with Gasteiger partial charge in [0.05, 0.1) is 5.69 Å². The SMILES string of the molecule is Cc1nnc(OCCN(C)C)c(CN)c1C. The van der Waals surface area contributed by atoms with Gasteiger partial charge in [-0.25, -0.2) is 0 Å². The molecule has 1 rings (SSSR count). The van der Waals surface area contributed by atoms with Gasteiger partial charge >= 0.3 is 0 Å². The third-order valence-electron chi connectivity index (χ3n) is 2.53. The molecule has 0 bridgehead atoms. The highest BCUT2D eigenvalue weighted by atomic mass is 16.5. The molecule has 0 fully saturated rings. The Kier molecular flexibility index (Phi) is 4.64. The molecule has 0 aliphatic rings. The monoisotopic (exact) mass is 224 g/mol. The summed E-state index contributed by atoms with van der Waals surface area (Å²) in [7, 11) is 4.00. The summed E-state index contributed by atoms with van der Waals surface area (Å²) in [6.45, 7) is 5.78. The molecule has 0 saturated carbocycles. The highest BCUT2D eigenvalue weighted by Gasteiger charge is 2.10. The van der Waals surface area contributed by atoms with E-state index in [1.165, 1.54) is 0 Å². The van der Waals surface area contributed by atoms with Crippen LogP contribution in [0, 0.1) is 13.8 Å². The zero-order valence-corrected chi connectivity index (χ0v) is 10.4. The van der Waals surface area contributed by atoms with Gasteiger partial charge in [-0.1, -0.05) is 0 Å². The quantitative estimate of drug-likeness (QED) is 0.788. The van der Waals surface area contributed by atoms with E-state index >= 15 is 0 Å². The number of aromatic nitrogens is 2. The van der Waals surface area contributed by atoms with E-state index in [4.69, 9.17) is 10.5 Å². The van der Waals surface area contributed by atoms with Gasteiger partial charge in [-0.05, 0) is 33.5 Å². The van der Waals surface area contributed by atoms with Crippen LogP contribution < -0.4 is 10.5 Å². The van der Waals surface area contributed by atoms with Crippen molar-refractivity contribution in [3.05, 3.63) is 16.8 Å². The van der Waals surface area contributed by atoms with Crippen molar-refractivity contribution in [1.82, 2.24) is 15.1 Å². The van der Waals surface area contributed by atoms with Gasteiger partial charge in [-0.3, -0.25) is 0 Å². The third-order valence-corrected chi connectivity index (χ3v) is 2.53. The molecule has 0 atom stereocenters. The first-order valence-corrected chi connectivity index (χ1v) is 5.36. The van der Waals surface area contributed by atoms with Crippen LogP contribution in [0.15, 0.2) is 0 Å². The van der Waals surface area contributed by atoms with Gasteiger partial charge in [0.2, 0.25) is 5.88 Å². The predicted octanol–water partition coefficient (Wildman–Crippen LogP) is 0.493. The molecule has 0 aromatic carbocycles. The normalized spacial score (nSPS) is 10.9. The predicted molar refractivity (Wildman–Crippen MR) is 63.4 cm³/mol. The highest BCUT2D eigenvalue weighted by Crippen LogP contribution is 2.19. The summed E-state index contributed by atoms with van der Waals surface area (Å²) in [5, 5.41) is 8.08. The van der Waals surface area contributed by atoms with E-state index < -0.39 is 0 Å². The maximum Gasteiger partial charge on any atom is 0.238 e. The lowest BCUT2D eigenvalue weighted by molar-refractivity contribution is 0.249. The van der Waals surface area contributed by atoms with Crippen molar-refractivity contribution < 1.29 is 4.74 Å². The lowest BCUT2D eigenvalue weighted by Crippen LogP contribution is -2.20. The molecule has 0 spiro atoms. The Balaban J connectivity index is 2.76. The summed E-state index contributed by atoms with van der Waals surface area (Å²) >= 11 is 0. The first-order valence-electron chi connectivity index (χ1n) is 5.36. The van der Waals surface area contributed by atoms with Crippen LogP contribution in [0.5, 0.6) is 5.88 Å². The molecule has 5 nitrogen and oxygen atoms in total. The van der Waals surface area contributed by atoms with Crippen LogP contribution in [0.4, 0.5) is 0 Å². The van der Waals surface area contributed by atoms with Crippen LogP contribution >= 0.6 is 0 Å². The van der Waals surface area contributed by atoms with E-state index in [0.29, 0.717) is 19.0 Å². The molecule has 1 aromatic heterocycles. The van der Waals surface area contributed by atoms with Crippen molar-refractivity contribution in [2.45, 2.75) is 20.4 Å². The van der Waals surface area contributed by atoms with Gasteiger partial charge in [0.15, 0.2) is 0 Å². The fourth-order valence-corrected chi connectivity index (χ4v) is 1.32. The first-order chi connectivity index (χ1) is 7.56. The van der Waals surface area contributed by atoms with E-state index in [0.717, 1.165) is 23.4 Å². The van der Waals surface area contributed by atoms with Crippen molar-refractivity contribution in [1.29, 1.82) is 0 Å². The van der Waals surface area contributed by atoms with E-state index in [9.17, 15) is 0 Å². The first kappa shape index (κ1) is 12.9. The average Bonchev–Trinajstić information content (AvgIpc) is 2.23. The van der Waals surface area contributed by atoms with Crippen molar-refractivity contribution in [2.75, 3.05) is 27.2 Å². The maximum atomic E-state index is 5.69. The lowest BCUT2D eigenvalue weighted by Gasteiger charge is -2.14. The van der Waals surface area contributed by atoms with Gasteiger partial charge < -0.3 is 15.4 Å². The number of hydrogen-bond acceptors (Lipinski definition) is 5. The summed E-state index contributed by atoms with van der Waals surface area (Å²) in [6, 6.07) is 0. The second kappa shape index (κ2) is 5.77. The van der Waals surface area contributed by atoms with E-state index in [1.807, 2.05) is 27.9 Å². The topological polar surface area (TPSA) is 64.3 Å². The van der Waals surface area contributed by atoms with Crippen molar-refractivity contribution in [2.24, 2.45) is 5.73 Å². The Bertz CT molecular complexity index is 352. The molecule has 0 aliphatic carbocycles. The van der Waals surface area contributed by atoms with Crippen molar-refractivity contribution in [3.63, 3.8) is 0 Å². The highest BCUT2D eigenvalue weighted by molar-refractivity contribution is 5.34. The molecule has 0 unspecified atom stereocenters. The lowest BCUT2D eigenvalue weighted by atomic mass is 10.1. The number of nitrogens with zero attached hydrogens (tertiary/aromatic N) is 3. The average molecular weight is 224 g/mol. The zero-order chi connectivity index (χ0) is 12.1. The summed E-state index contributed by atoms with van der Waals surface area (Å²) in [5.74, 6) is 0.562. The van der Waals surface area contributed by atoms with E-state index in [1.54, 1.807) is 0 Å².